The summed E-state index contributed by atoms with van der Waals surface area (Å²) in [6.45, 7) is 0. The van der Waals surface area contributed by atoms with Crippen molar-refractivity contribution in [2.24, 2.45) is 0 Å². The normalized spacial score (nSPS) is 12.7. The summed E-state index contributed by atoms with van der Waals surface area (Å²) < 4.78 is 30.3. The third-order valence-electron chi connectivity index (χ3n) is 3.09. The van der Waals surface area contributed by atoms with Gasteiger partial charge in [-0.25, -0.2) is 4.79 Å². The number of aromatic hydroxyl groups is 1. The average Bonchev–Trinajstić information content (AvgIpc) is 2.44. The van der Waals surface area contributed by atoms with Crippen LogP contribution in [0.1, 0.15) is 10.4 Å². The summed E-state index contributed by atoms with van der Waals surface area (Å²) in [5.74, 6) is -4.15. The molecule has 0 heterocycles. The van der Waals surface area contributed by atoms with E-state index >= 15 is 0 Å². The molecule has 23 heavy (non-hydrogen) atoms. The maximum absolute atomic E-state index is 12.1. The van der Waals surface area contributed by atoms with Gasteiger partial charge in [-0.1, -0.05) is 24.3 Å². The molecule has 8 nitrogen and oxygen atoms in total. The number of nitrogens with one attached hydrogen (secondary N) is 1. The minimum Gasteiger partial charge on any atom is -0.507 e. The van der Waals surface area contributed by atoms with Crippen LogP contribution in [0.3, 0.4) is 0 Å². The van der Waals surface area contributed by atoms with E-state index in [1.807, 2.05) is 5.32 Å². The van der Waals surface area contributed by atoms with Gasteiger partial charge in [-0.05, 0) is 22.9 Å². The second-order valence-electron chi connectivity index (χ2n) is 4.83. The Kier molecular flexibility index (Phi) is 4.52. The predicted octanol–water partition coefficient (Wildman–Crippen LogP) is 0.616. The third kappa shape index (κ3) is 4.18. The van der Waals surface area contributed by atoms with Gasteiger partial charge < -0.3 is 15.5 Å². The summed E-state index contributed by atoms with van der Waals surface area (Å²) in [5.41, 5.74) is -0.203. The van der Waals surface area contributed by atoms with Gasteiger partial charge in [0.1, 0.15) is 17.5 Å². The number of hydrogen-bond acceptors (Lipinski definition) is 5. The van der Waals surface area contributed by atoms with Gasteiger partial charge in [0.15, 0.2) is 0 Å². The molecule has 1 atom stereocenters. The highest BCUT2D eigenvalue weighted by molar-refractivity contribution is 7.85. The first-order valence-electron chi connectivity index (χ1n) is 6.38. The van der Waals surface area contributed by atoms with Crippen LogP contribution < -0.4 is 5.32 Å². The zero-order chi connectivity index (χ0) is 17.2. The van der Waals surface area contributed by atoms with Crippen molar-refractivity contribution in [2.75, 3.05) is 5.75 Å². The number of hydrogen-bond donors (Lipinski definition) is 4. The number of carbonyl (C=O) groups is 2. The van der Waals surface area contributed by atoms with Crippen LogP contribution in [-0.2, 0) is 14.9 Å². The lowest BCUT2D eigenvalue weighted by Crippen LogP contribution is -2.45. The molecule has 0 saturated heterocycles. The van der Waals surface area contributed by atoms with E-state index in [4.69, 9.17) is 9.66 Å². The van der Waals surface area contributed by atoms with E-state index in [1.165, 1.54) is 12.1 Å². The molecule has 0 saturated carbocycles. The maximum Gasteiger partial charge on any atom is 0.327 e. The van der Waals surface area contributed by atoms with Gasteiger partial charge in [0.25, 0.3) is 16.0 Å². The van der Waals surface area contributed by atoms with E-state index in [0.29, 0.717) is 10.8 Å². The van der Waals surface area contributed by atoms with Crippen LogP contribution in [0.2, 0.25) is 0 Å². The van der Waals surface area contributed by atoms with Crippen molar-refractivity contribution in [2.45, 2.75) is 6.04 Å². The molecule has 2 rings (SSSR count). The van der Waals surface area contributed by atoms with Gasteiger partial charge in [0.2, 0.25) is 0 Å². The van der Waals surface area contributed by atoms with E-state index in [1.54, 1.807) is 24.3 Å². The number of benzene rings is 2. The maximum atomic E-state index is 12.1. The van der Waals surface area contributed by atoms with Crippen LogP contribution >= 0.6 is 0 Å². The lowest BCUT2D eigenvalue weighted by atomic mass is 10.1. The van der Waals surface area contributed by atoms with Gasteiger partial charge in [-0.3, -0.25) is 9.35 Å². The molecule has 0 radical (unpaired) electrons. The molecule has 2 aromatic rings. The first-order chi connectivity index (χ1) is 10.7. The zero-order valence-electron chi connectivity index (χ0n) is 11.6. The Labute approximate surface area is 131 Å². The van der Waals surface area contributed by atoms with Crippen LogP contribution in [0, 0.1) is 0 Å². The highest BCUT2D eigenvalue weighted by Crippen LogP contribution is 2.24. The van der Waals surface area contributed by atoms with Crippen molar-refractivity contribution in [1.82, 2.24) is 5.32 Å². The molecule has 0 bridgehead atoms. The first kappa shape index (κ1) is 16.7. The quantitative estimate of drug-likeness (QED) is 0.585. The van der Waals surface area contributed by atoms with Crippen molar-refractivity contribution in [3.63, 3.8) is 0 Å². The van der Waals surface area contributed by atoms with E-state index in [-0.39, 0.29) is 11.3 Å². The van der Waals surface area contributed by atoms with Gasteiger partial charge in [0, 0.05) is 0 Å². The van der Waals surface area contributed by atoms with Crippen molar-refractivity contribution < 1.29 is 32.8 Å². The van der Waals surface area contributed by atoms with Crippen molar-refractivity contribution >= 4 is 32.8 Å². The molecular formula is C14H13NO7S. The Morgan fingerprint density at radius 3 is 2.22 bits per heavy atom. The lowest BCUT2D eigenvalue weighted by molar-refractivity contribution is -0.138. The Morgan fingerprint density at radius 2 is 1.70 bits per heavy atom. The SMILES string of the molecule is O=C(NC(CS(=O)(=O)O)C(=O)O)c1cc2ccccc2cc1O. The van der Waals surface area contributed by atoms with Gasteiger partial charge in [-0.15, -0.1) is 0 Å². The van der Waals surface area contributed by atoms with Crippen molar-refractivity contribution in [3.05, 3.63) is 42.0 Å². The Morgan fingerprint density at radius 1 is 1.13 bits per heavy atom. The van der Waals surface area contributed by atoms with Crippen molar-refractivity contribution in [3.8, 4) is 5.75 Å². The Hall–Kier alpha value is -2.65. The summed E-state index contributed by atoms with van der Waals surface area (Å²) in [7, 11) is -4.60. The molecule has 1 amide bonds. The van der Waals surface area contributed by atoms with Crippen LogP contribution in [0.5, 0.6) is 5.75 Å². The van der Waals surface area contributed by atoms with E-state index in [9.17, 15) is 23.1 Å². The molecular weight excluding hydrogens is 326 g/mol. The topological polar surface area (TPSA) is 141 Å². The number of phenolic OH excluding ortho intramolecular Hbond substituents is 1. The molecule has 4 N–H and O–H groups in total. The number of carboxylic acids is 1. The number of amides is 1. The summed E-state index contributed by atoms with van der Waals surface area (Å²) in [4.78, 5) is 23.1. The molecule has 0 aliphatic heterocycles. The minimum atomic E-state index is -4.60. The molecule has 0 aliphatic rings. The molecule has 0 aromatic heterocycles. The number of rotatable bonds is 5. The fourth-order valence-electron chi connectivity index (χ4n) is 2.03. The third-order valence-corrected chi connectivity index (χ3v) is 3.84. The largest absolute Gasteiger partial charge is 0.507 e. The predicted molar refractivity (Wildman–Crippen MR) is 80.9 cm³/mol. The summed E-state index contributed by atoms with van der Waals surface area (Å²) in [6, 6.07) is 7.72. The summed E-state index contributed by atoms with van der Waals surface area (Å²) in [5, 5.41) is 22.1. The number of carboxylic acid groups (broad SMARTS) is 1. The highest BCUT2D eigenvalue weighted by Gasteiger charge is 2.27. The zero-order valence-corrected chi connectivity index (χ0v) is 12.4. The van der Waals surface area contributed by atoms with Crippen LogP contribution in [0.15, 0.2) is 36.4 Å². The van der Waals surface area contributed by atoms with Gasteiger partial charge in [-0.2, -0.15) is 8.42 Å². The molecule has 122 valence electrons. The Balaban J connectivity index is 2.32. The number of phenols is 1. The van der Waals surface area contributed by atoms with E-state index in [2.05, 4.69) is 0 Å². The molecule has 0 aliphatic carbocycles. The van der Waals surface area contributed by atoms with Crippen molar-refractivity contribution in [1.29, 1.82) is 0 Å². The molecule has 2 aromatic carbocycles. The lowest BCUT2D eigenvalue weighted by Gasteiger charge is -2.14. The molecule has 0 fully saturated rings. The average molecular weight is 339 g/mol. The number of fused-ring (bicyclic) bond motifs is 1. The smallest absolute Gasteiger partial charge is 0.327 e. The summed E-state index contributed by atoms with van der Waals surface area (Å²) in [6.07, 6.45) is 0. The molecule has 1 unspecified atom stereocenters. The van der Waals surface area contributed by atoms with Crippen LogP contribution in [-0.4, -0.2) is 46.9 Å². The molecule has 0 spiro atoms. The Bertz CT molecular complexity index is 876. The highest BCUT2D eigenvalue weighted by atomic mass is 32.2. The van der Waals surface area contributed by atoms with E-state index in [0.717, 1.165) is 0 Å². The van der Waals surface area contributed by atoms with Crippen LogP contribution in [0.4, 0.5) is 0 Å². The second-order valence-corrected chi connectivity index (χ2v) is 6.33. The number of carbonyl (C=O) groups excluding carboxylic acids is 1. The van der Waals surface area contributed by atoms with Gasteiger partial charge >= 0.3 is 5.97 Å². The number of aliphatic carboxylic acids is 1. The monoisotopic (exact) mass is 339 g/mol. The van der Waals surface area contributed by atoms with Crippen LogP contribution in [0.25, 0.3) is 10.8 Å². The second kappa shape index (κ2) is 6.23. The van der Waals surface area contributed by atoms with Gasteiger partial charge in [0.05, 0.1) is 5.56 Å². The fourth-order valence-corrected chi connectivity index (χ4v) is 2.68. The standard InChI is InChI=1S/C14H13NO7S/c16-12-6-9-4-2-1-3-8(9)5-10(12)13(17)15-11(14(18)19)7-23(20,21)22/h1-6,11,16H,7H2,(H,15,17)(H,18,19)(H,20,21,22). The molecule has 9 heteroatoms. The summed E-state index contributed by atoms with van der Waals surface area (Å²) >= 11 is 0. The minimum absolute atomic E-state index is 0.203. The first-order valence-corrected chi connectivity index (χ1v) is 7.99. The fraction of sp³-hybridized carbons (Fsp3) is 0.143. The van der Waals surface area contributed by atoms with E-state index < -0.39 is 33.8 Å².